The van der Waals surface area contributed by atoms with Crippen molar-refractivity contribution >= 4 is 21.5 Å². The number of morpholine rings is 1. The zero-order chi connectivity index (χ0) is 21.8. The van der Waals surface area contributed by atoms with Gasteiger partial charge in [0.25, 0.3) is 10.0 Å². The van der Waals surface area contributed by atoms with E-state index in [-0.39, 0.29) is 16.7 Å². The van der Waals surface area contributed by atoms with E-state index in [4.69, 9.17) is 13.9 Å². The number of ether oxygens (including phenoxy) is 2. The lowest BCUT2D eigenvalue weighted by molar-refractivity contribution is 0.122. The number of hydrogen-bond donors (Lipinski definition) is 1. The zero-order valence-corrected chi connectivity index (χ0v) is 18.1. The van der Waals surface area contributed by atoms with Crippen LogP contribution < -0.4 is 14.4 Å². The Balaban J connectivity index is 1.80. The van der Waals surface area contributed by atoms with Crippen LogP contribution >= 0.6 is 0 Å². The standard InChI is InChI=1S/C20H23N5O5S/c1-3-15-18(19(23-13-22-15)25-6-9-29-10-7-25)14-11-16(20(28-2)21-12-14)24-31(26,27)17-5-4-8-30-17/h4-5,8,11-13,24H,3,6-7,9-10H2,1-2H3. The summed E-state index contributed by atoms with van der Waals surface area (Å²) in [6.07, 6.45) is 5.15. The van der Waals surface area contributed by atoms with E-state index in [9.17, 15) is 8.42 Å². The third-order valence-corrected chi connectivity index (χ3v) is 6.14. The van der Waals surface area contributed by atoms with Gasteiger partial charge in [-0.1, -0.05) is 6.92 Å². The summed E-state index contributed by atoms with van der Waals surface area (Å²) in [5, 5.41) is -0.203. The van der Waals surface area contributed by atoms with Crippen LogP contribution in [-0.4, -0.2) is 56.8 Å². The van der Waals surface area contributed by atoms with Crippen molar-refractivity contribution in [3.05, 3.63) is 42.7 Å². The molecule has 0 bridgehead atoms. The molecule has 4 heterocycles. The largest absolute Gasteiger partial charge is 0.480 e. The van der Waals surface area contributed by atoms with Gasteiger partial charge in [-0.3, -0.25) is 4.72 Å². The van der Waals surface area contributed by atoms with E-state index in [1.54, 1.807) is 18.6 Å². The predicted octanol–water partition coefficient (Wildman–Crippen LogP) is 2.34. The van der Waals surface area contributed by atoms with Crippen molar-refractivity contribution in [3.63, 3.8) is 0 Å². The highest BCUT2D eigenvalue weighted by atomic mass is 32.2. The molecule has 1 aliphatic rings. The highest BCUT2D eigenvalue weighted by Crippen LogP contribution is 2.36. The number of pyridine rings is 1. The molecular weight excluding hydrogens is 422 g/mol. The first kappa shape index (κ1) is 21.1. The van der Waals surface area contributed by atoms with Gasteiger partial charge in [-0.05, 0) is 24.6 Å². The second-order valence-electron chi connectivity index (χ2n) is 6.79. The van der Waals surface area contributed by atoms with Crippen LogP contribution in [0.5, 0.6) is 5.88 Å². The summed E-state index contributed by atoms with van der Waals surface area (Å²) in [7, 11) is -2.52. The number of nitrogens with zero attached hydrogens (tertiary/aromatic N) is 4. The molecule has 1 fully saturated rings. The van der Waals surface area contributed by atoms with Gasteiger partial charge in [0.15, 0.2) is 0 Å². The molecule has 0 aliphatic carbocycles. The van der Waals surface area contributed by atoms with Crippen molar-refractivity contribution < 1.29 is 22.3 Å². The first-order valence-electron chi connectivity index (χ1n) is 9.80. The lowest BCUT2D eigenvalue weighted by atomic mass is 10.0. The van der Waals surface area contributed by atoms with Crippen molar-refractivity contribution in [1.29, 1.82) is 0 Å². The minimum atomic E-state index is -3.94. The maximum atomic E-state index is 12.7. The summed E-state index contributed by atoms with van der Waals surface area (Å²) in [4.78, 5) is 15.4. The fourth-order valence-electron chi connectivity index (χ4n) is 3.43. The van der Waals surface area contributed by atoms with Gasteiger partial charge in [0.2, 0.25) is 11.0 Å². The minimum absolute atomic E-state index is 0.140. The summed E-state index contributed by atoms with van der Waals surface area (Å²) >= 11 is 0. The number of nitrogens with one attached hydrogen (secondary N) is 1. The van der Waals surface area contributed by atoms with E-state index in [2.05, 4.69) is 24.6 Å². The van der Waals surface area contributed by atoms with Crippen LogP contribution in [0.15, 0.2) is 46.5 Å². The van der Waals surface area contributed by atoms with Crippen LogP contribution in [0.1, 0.15) is 12.6 Å². The van der Waals surface area contributed by atoms with E-state index in [0.29, 0.717) is 38.3 Å². The summed E-state index contributed by atoms with van der Waals surface area (Å²) < 4.78 is 43.6. The van der Waals surface area contributed by atoms with Gasteiger partial charge in [-0.2, -0.15) is 8.42 Å². The monoisotopic (exact) mass is 445 g/mol. The lowest BCUT2D eigenvalue weighted by Crippen LogP contribution is -2.37. The molecule has 0 spiro atoms. The molecule has 0 radical (unpaired) electrons. The molecule has 0 unspecified atom stereocenters. The molecule has 1 saturated heterocycles. The normalized spacial score (nSPS) is 14.5. The van der Waals surface area contributed by atoms with Gasteiger partial charge in [0.05, 0.1) is 32.3 Å². The second-order valence-corrected chi connectivity index (χ2v) is 8.40. The third kappa shape index (κ3) is 4.32. The van der Waals surface area contributed by atoms with Crippen molar-refractivity contribution in [1.82, 2.24) is 15.0 Å². The number of methoxy groups -OCH3 is 1. The van der Waals surface area contributed by atoms with E-state index in [1.807, 2.05) is 6.92 Å². The van der Waals surface area contributed by atoms with Crippen molar-refractivity contribution in [2.45, 2.75) is 18.4 Å². The molecule has 0 aromatic carbocycles. The van der Waals surface area contributed by atoms with E-state index < -0.39 is 10.0 Å². The summed E-state index contributed by atoms with van der Waals surface area (Å²) in [6.45, 7) is 4.63. The first-order chi connectivity index (χ1) is 15.0. The summed E-state index contributed by atoms with van der Waals surface area (Å²) in [6, 6.07) is 4.54. The molecule has 3 aromatic rings. The molecule has 3 aromatic heterocycles. The Morgan fingerprint density at radius 2 is 2.03 bits per heavy atom. The Bertz CT molecular complexity index is 1140. The van der Waals surface area contributed by atoms with Crippen LogP contribution in [0.4, 0.5) is 11.5 Å². The molecule has 1 aliphatic heterocycles. The number of anilines is 2. The average molecular weight is 446 g/mol. The zero-order valence-electron chi connectivity index (χ0n) is 17.2. The summed E-state index contributed by atoms with van der Waals surface area (Å²) in [5.41, 5.74) is 2.51. The smallest absolute Gasteiger partial charge is 0.295 e. The van der Waals surface area contributed by atoms with Gasteiger partial charge in [-0.15, -0.1) is 0 Å². The Morgan fingerprint density at radius 3 is 2.71 bits per heavy atom. The summed E-state index contributed by atoms with van der Waals surface area (Å²) in [5.74, 6) is 0.906. The van der Waals surface area contributed by atoms with Gasteiger partial charge < -0.3 is 18.8 Å². The molecule has 11 heteroatoms. The number of hydrogen-bond acceptors (Lipinski definition) is 9. The first-order valence-corrected chi connectivity index (χ1v) is 11.3. The molecular formula is C20H23N5O5S. The second kappa shape index (κ2) is 8.90. The van der Waals surface area contributed by atoms with Crippen LogP contribution in [0, 0.1) is 0 Å². The molecule has 10 nitrogen and oxygen atoms in total. The quantitative estimate of drug-likeness (QED) is 0.584. The molecule has 0 amide bonds. The van der Waals surface area contributed by atoms with E-state index in [1.165, 1.54) is 25.5 Å². The topological polar surface area (TPSA) is 120 Å². The Labute approximate surface area is 180 Å². The van der Waals surface area contributed by atoms with Crippen LogP contribution in [0.25, 0.3) is 11.1 Å². The molecule has 1 N–H and O–H groups in total. The minimum Gasteiger partial charge on any atom is -0.480 e. The van der Waals surface area contributed by atoms with E-state index >= 15 is 0 Å². The maximum absolute atomic E-state index is 12.7. The lowest BCUT2D eigenvalue weighted by Gasteiger charge is -2.30. The number of aryl methyl sites for hydroxylation is 1. The van der Waals surface area contributed by atoms with Gasteiger partial charge in [0.1, 0.15) is 17.8 Å². The number of sulfonamides is 1. The Morgan fingerprint density at radius 1 is 1.23 bits per heavy atom. The van der Waals surface area contributed by atoms with Crippen molar-refractivity contribution in [2.75, 3.05) is 43.0 Å². The predicted molar refractivity (Wildman–Crippen MR) is 114 cm³/mol. The van der Waals surface area contributed by atoms with Gasteiger partial charge >= 0.3 is 0 Å². The number of aromatic nitrogens is 3. The molecule has 4 rings (SSSR count). The SMILES string of the molecule is CCc1ncnc(N2CCOCC2)c1-c1cnc(OC)c(NS(=O)(=O)c2ccco2)c1. The fourth-order valence-corrected chi connectivity index (χ4v) is 4.40. The number of furan rings is 1. The van der Waals surface area contributed by atoms with E-state index in [0.717, 1.165) is 17.1 Å². The third-order valence-electron chi connectivity index (χ3n) is 4.89. The number of rotatable bonds is 7. The highest BCUT2D eigenvalue weighted by molar-refractivity contribution is 7.92. The fraction of sp³-hybridized carbons (Fsp3) is 0.350. The average Bonchev–Trinajstić information content (AvgIpc) is 3.35. The highest BCUT2D eigenvalue weighted by Gasteiger charge is 2.24. The van der Waals surface area contributed by atoms with Crippen LogP contribution in [0.3, 0.4) is 0 Å². The Hall–Kier alpha value is -3.18. The molecule has 0 saturated carbocycles. The molecule has 0 atom stereocenters. The molecule has 164 valence electrons. The maximum Gasteiger partial charge on any atom is 0.295 e. The van der Waals surface area contributed by atoms with Gasteiger partial charge in [-0.25, -0.2) is 15.0 Å². The Kier molecular flexibility index (Phi) is 6.05. The van der Waals surface area contributed by atoms with Crippen molar-refractivity contribution in [3.8, 4) is 17.0 Å². The van der Waals surface area contributed by atoms with Crippen LogP contribution in [0.2, 0.25) is 0 Å². The van der Waals surface area contributed by atoms with Crippen molar-refractivity contribution in [2.24, 2.45) is 0 Å². The van der Waals surface area contributed by atoms with Gasteiger partial charge in [0, 0.05) is 30.4 Å². The van der Waals surface area contributed by atoms with Crippen LogP contribution in [-0.2, 0) is 21.2 Å². The molecule has 31 heavy (non-hydrogen) atoms.